The van der Waals surface area contributed by atoms with E-state index in [0.29, 0.717) is 22.1 Å². The van der Waals surface area contributed by atoms with Gasteiger partial charge >= 0.3 is 0 Å². The highest BCUT2D eigenvalue weighted by Crippen LogP contribution is 2.21. The summed E-state index contributed by atoms with van der Waals surface area (Å²) in [6.07, 6.45) is 4.10. The van der Waals surface area contributed by atoms with E-state index in [1.165, 1.54) is 12.1 Å². The van der Waals surface area contributed by atoms with Crippen LogP contribution in [0.25, 0.3) is 17.0 Å². The minimum atomic E-state index is -0.504. The zero-order valence-electron chi connectivity index (χ0n) is 12.1. The molecule has 1 aromatic carbocycles. The molecule has 0 bridgehead atoms. The number of fused-ring (bicyclic) bond motifs is 1. The highest BCUT2D eigenvalue weighted by Gasteiger charge is 2.05. The van der Waals surface area contributed by atoms with Gasteiger partial charge in [-0.05, 0) is 30.7 Å². The molecule has 3 aromatic rings. The molecular weight excluding hydrogens is 319 g/mol. The third-order valence-electron chi connectivity index (χ3n) is 3.27. The first-order valence-electron chi connectivity index (χ1n) is 6.78. The summed E-state index contributed by atoms with van der Waals surface area (Å²) in [4.78, 5) is 15.8. The largest absolute Gasteiger partial charge is 0.321 e. The van der Waals surface area contributed by atoms with Crippen molar-refractivity contribution >= 4 is 40.2 Å². The third kappa shape index (κ3) is 3.37. The van der Waals surface area contributed by atoms with Crippen LogP contribution in [0.4, 0.5) is 10.1 Å². The molecule has 0 aliphatic carbocycles. The van der Waals surface area contributed by atoms with Crippen molar-refractivity contribution in [1.82, 2.24) is 15.2 Å². The summed E-state index contributed by atoms with van der Waals surface area (Å²) in [5.41, 5.74) is 2.39. The molecular formula is C16H12ClFN4O. The van der Waals surface area contributed by atoms with Crippen LogP contribution in [0.5, 0.6) is 0 Å². The maximum atomic E-state index is 13.1. The number of nitrogens with zero attached hydrogens (tertiary/aromatic N) is 2. The van der Waals surface area contributed by atoms with Crippen molar-refractivity contribution in [2.75, 3.05) is 5.32 Å². The number of aryl methyl sites for hydroxylation is 1. The Kier molecular flexibility index (Phi) is 4.08. The fourth-order valence-corrected chi connectivity index (χ4v) is 2.28. The molecule has 0 atom stereocenters. The van der Waals surface area contributed by atoms with Gasteiger partial charge in [0, 0.05) is 17.5 Å². The van der Waals surface area contributed by atoms with Gasteiger partial charge in [-0.15, -0.1) is 0 Å². The van der Waals surface area contributed by atoms with Gasteiger partial charge in [0.1, 0.15) is 11.0 Å². The molecule has 2 aromatic heterocycles. The number of nitrogens with one attached hydrogen (secondary N) is 2. The Morgan fingerprint density at radius 2 is 2.22 bits per heavy atom. The first-order chi connectivity index (χ1) is 11.0. The molecule has 7 heteroatoms. The lowest BCUT2D eigenvalue weighted by Gasteiger charge is -2.05. The molecule has 0 aliphatic heterocycles. The number of H-pyrrole nitrogens is 1. The number of carbonyl (C=O) groups excluding carboxylic acids is 1. The van der Waals surface area contributed by atoms with Gasteiger partial charge in [-0.3, -0.25) is 14.9 Å². The van der Waals surface area contributed by atoms with Crippen molar-refractivity contribution in [2.45, 2.75) is 6.92 Å². The van der Waals surface area contributed by atoms with Gasteiger partial charge in [-0.2, -0.15) is 5.10 Å². The second kappa shape index (κ2) is 6.18. The van der Waals surface area contributed by atoms with E-state index < -0.39 is 5.82 Å². The topological polar surface area (TPSA) is 70.7 Å². The van der Waals surface area contributed by atoms with Crippen LogP contribution in [0.3, 0.4) is 0 Å². The molecule has 0 fully saturated rings. The third-order valence-corrected chi connectivity index (χ3v) is 3.56. The molecule has 3 rings (SSSR count). The van der Waals surface area contributed by atoms with E-state index in [1.54, 1.807) is 19.1 Å². The maximum Gasteiger partial charge on any atom is 0.248 e. The number of anilines is 1. The van der Waals surface area contributed by atoms with E-state index >= 15 is 0 Å². The van der Waals surface area contributed by atoms with Crippen molar-refractivity contribution in [3.05, 3.63) is 58.8 Å². The highest BCUT2D eigenvalue weighted by molar-refractivity contribution is 6.34. The van der Waals surface area contributed by atoms with Crippen LogP contribution in [0, 0.1) is 12.7 Å². The van der Waals surface area contributed by atoms with Crippen LogP contribution in [0.2, 0.25) is 5.15 Å². The number of benzene rings is 1. The summed E-state index contributed by atoms with van der Waals surface area (Å²) in [6.45, 7) is 1.69. The number of carbonyl (C=O) groups is 1. The molecule has 0 unspecified atom stereocenters. The molecule has 0 saturated heterocycles. The lowest BCUT2D eigenvalue weighted by atomic mass is 10.1. The standard InChI is InChI=1S/C16H12ClFN4O/c1-9-13(7-11(18)8-19-9)20-15(23)5-3-10-2-4-12-14(6-10)21-22-16(12)17/h2-8H,1H3,(H,20,23)(H,21,22)/b5-3+. The van der Waals surface area contributed by atoms with Crippen LogP contribution in [-0.4, -0.2) is 21.1 Å². The molecule has 2 heterocycles. The predicted molar refractivity (Wildman–Crippen MR) is 87.7 cm³/mol. The molecule has 5 nitrogen and oxygen atoms in total. The molecule has 0 radical (unpaired) electrons. The highest BCUT2D eigenvalue weighted by atomic mass is 35.5. The average molecular weight is 331 g/mol. The fourth-order valence-electron chi connectivity index (χ4n) is 2.08. The van der Waals surface area contributed by atoms with Crippen molar-refractivity contribution in [2.24, 2.45) is 0 Å². The molecule has 2 N–H and O–H groups in total. The van der Waals surface area contributed by atoms with E-state index in [9.17, 15) is 9.18 Å². The first-order valence-corrected chi connectivity index (χ1v) is 7.15. The van der Waals surface area contributed by atoms with Gasteiger partial charge < -0.3 is 5.32 Å². The average Bonchev–Trinajstić information content (AvgIpc) is 2.90. The molecule has 0 spiro atoms. The van der Waals surface area contributed by atoms with Gasteiger partial charge in [0.2, 0.25) is 5.91 Å². The van der Waals surface area contributed by atoms with Crippen LogP contribution in [0.15, 0.2) is 36.5 Å². The molecule has 0 saturated carbocycles. The fraction of sp³-hybridized carbons (Fsp3) is 0.0625. The van der Waals surface area contributed by atoms with Gasteiger partial charge in [-0.1, -0.05) is 17.7 Å². The zero-order valence-corrected chi connectivity index (χ0v) is 12.9. The van der Waals surface area contributed by atoms with Crippen molar-refractivity contribution in [3.63, 3.8) is 0 Å². The second-order valence-corrected chi connectivity index (χ2v) is 5.30. The lowest BCUT2D eigenvalue weighted by molar-refractivity contribution is -0.111. The van der Waals surface area contributed by atoms with E-state index in [0.717, 1.165) is 17.1 Å². The summed E-state index contributed by atoms with van der Waals surface area (Å²) in [5.74, 6) is -0.878. The van der Waals surface area contributed by atoms with E-state index in [-0.39, 0.29) is 5.91 Å². The quantitative estimate of drug-likeness (QED) is 0.719. The van der Waals surface area contributed by atoms with Crippen LogP contribution < -0.4 is 5.32 Å². The lowest BCUT2D eigenvalue weighted by Crippen LogP contribution is -2.09. The summed E-state index contributed by atoms with van der Waals surface area (Å²) in [6, 6.07) is 6.67. The Morgan fingerprint density at radius 3 is 3.04 bits per heavy atom. The van der Waals surface area contributed by atoms with E-state index in [4.69, 9.17) is 11.6 Å². The normalized spacial score (nSPS) is 11.3. The van der Waals surface area contributed by atoms with Crippen LogP contribution in [0.1, 0.15) is 11.3 Å². The van der Waals surface area contributed by atoms with Crippen molar-refractivity contribution in [1.29, 1.82) is 0 Å². The molecule has 23 heavy (non-hydrogen) atoms. The molecule has 116 valence electrons. The summed E-state index contributed by atoms with van der Waals surface area (Å²) in [7, 11) is 0. The van der Waals surface area contributed by atoms with Gasteiger partial charge in [0.25, 0.3) is 0 Å². The number of rotatable bonds is 3. The Balaban J connectivity index is 1.75. The Hall–Kier alpha value is -2.73. The van der Waals surface area contributed by atoms with Gasteiger partial charge in [0.15, 0.2) is 0 Å². The summed E-state index contributed by atoms with van der Waals surface area (Å²) >= 11 is 5.93. The molecule has 0 aliphatic rings. The number of halogens is 2. The maximum absolute atomic E-state index is 13.1. The number of hydrogen-bond donors (Lipinski definition) is 2. The number of aromatic nitrogens is 3. The van der Waals surface area contributed by atoms with Gasteiger partial charge in [-0.25, -0.2) is 4.39 Å². The number of aromatic amines is 1. The van der Waals surface area contributed by atoms with E-state index in [2.05, 4.69) is 20.5 Å². The number of amides is 1. The van der Waals surface area contributed by atoms with Crippen LogP contribution >= 0.6 is 11.6 Å². The predicted octanol–water partition coefficient (Wildman–Crippen LogP) is 3.71. The zero-order chi connectivity index (χ0) is 16.4. The summed E-state index contributed by atoms with van der Waals surface area (Å²) in [5, 5.41) is 10.6. The summed E-state index contributed by atoms with van der Waals surface area (Å²) < 4.78 is 13.1. The second-order valence-electron chi connectivity index (χ2n) is 4.92. The monoisotopic (exact) mass is 330 g/mol. The van der Waals surface area contributed by atoms with Crippen LogP contribution in [-0.2, 0) is 4.79 Å². The van der Waals surface area contributed by atoms with E-state index in [1.807, 2.05) is 12.1 Å². The van der Waals surface area contributed by atoms with Crippen molar-refractivity contribution in [3.8, 4) is 0 Å². The van der Waals surface area contributed by atoms with Gasteiger partial charge in [0.05, 0.1) is 23.1 Å². The minimum Gasteiger partial charge on any atom is -0.321 e. The number of hydrogen-bond acceptors (Lipinski definition) is 3. The minimum absolute atomic E-state index is 0.342. The Bertz CT molecular complexity index is 920. The Labute approximate surface area is 136 Å². The Morgan fingerprint density at radius 1 is 1.39 bits per heavy atom. The number of pyridine rings is 1. The SMILES string of the molecule is Cc1ncc(F)cc1NC(=O)/C=C/c1ccc2c(Cl)[nH]nc2c1. The van der Waals surface area contributed by atoms with Crippen molar-refractivity contribution < 1.29 is 9.18 Å². The molecule has 1 amide bonds. The first kappa shape index (κ1) is 15.2. The smallest absolute Gasteiger partial charge is 0.248 e.